The van der Waals surface area contributed by atoms with Crippen LogP contribution in [-0.4, -0.2) is 16.9 Å². The second kappa shape index (κ2) is 5.84. The van der Waals surface area contributed by atoms with Gasteiger partial charge in [0.1, 0.15) is 0 Å². The number of aryl methyl sites for hydroxylation is 2. The summed E-state index contributed by atoms with van der Waals surface area (Å²) in [5.74, 6) is -0.863. The monoisotopic (exact) mass is 306 g/mol. The van der Waals surface area contributed by atoms with Gasteiger partial charge in [0, 0.05) is 11.1 Å². The van der Waals surface area contributed by atoms with E-state index in [0.29, 0.717) is 0 Å². The normalized spacial score (nSPS) is 15.6. The van der Waals surface area contributed by atoms with Crippen molar-refractivity contribution in [1.82, 2.24) is 0 Å². The second-order valence-corrected chi connectivity index (χ2v) is 6.03. The van der Waals surface area contributed by atoms with Crippen LogP contribution in [0.1, 0.15) is 49.4 Å². The molecule has 1 aliphatic carbocycles. The van der Waals surface area contributed by atoms with Crippen molar-refractivity contribution in [2.24, 2.45) is 0 Å². The fourth-order valence-corrected chi connectivity index (χ4v) is 3.14. The van der Waals surface area contributed by atoms with Crippen LogP contribution >= 0.6 is 0 Å². The summed E-state index contributed by atoms with van der Waals surface area (Å²) in [6, 6.07) is 10.7. The van der Waals surface area contributed by atoms with Crippen molar-refractivity contribution in [3.8, 4) is 0 Å². The lowest BCUT2D eigenvalue weighted by atomic mass is 9.83. The molecule has 0 radical (unpaired) electrons. The largest absolute Gasteiger partial charge is 0.478 e. The number of carboxylic acid groups (broad SMARTS) is 1. The predicted molar refractivity (Wildman–Crippen MR) is 89.9 cm³/mol. The van der Waals surface area contributed by atoms with E-state index in [2.05, 4.69) is 13.0 Å². The van der Waals surface area contributed by atoms with Crippen molar-refractivity contribution in [2.45, 2.75) is 26.7 Å². The topological polar surface area (TPSA) is 54.4 Å². The van der Waals surface area contributed by atoms with Crippen molar-refractivity contribution in [1.29, 1.82) is 0 Å². The van der Waals surface area contributed by atoms with Gasteiger partial charge in [-0.3, -0.25) is 4.79 Å². The molecule has 0 bridgehead atoms. The fraction of sp³-hybridized carbons (Fsp3) is 0.200. The summed E-state index contributed by atoms with van der Waals surface area (Å²) in [5.41, 5.74) is 6.12. The van der Waals surface area contributed by atoms with E-state index in [9.17, 15) is 9.59 Å². The number of fused-ring (bicyclic) bond motifs is 1. The van der Waals surface area contributed by atoms with E-state index in [-0.39, 0.29) is 11.3 Å². The first-order chi connectivity index (χ1) is 11.0. The van der Waals surface area contributed by atoms with E-state index < -0.39 is 5.97 Å². The zero-order valence-corrected chi connectivity index (χ0v) is 13.2. The SMILES string of the molecule is Cc1cc(C)c2c(c1)C(=O)/C(=C\c1ccc(C(=O)O)cc1)CC2. The highest BCUT2D eigenvalue weighted by Crippen LogP contribution is 2.29. The lowest BCUT2D eigenvalue weighted by Crippen LogP contribution is -2.15. The molecule has 0 saturated carbocycles. The summed E-state index contributed by atoms with van der Waals surface area (Å²) < 4.78 is 0. The molecule has 3 heteroatoms. The number of rotatable bonds is 2. The molecule has 23 heavy (non-hydrogen) atoms. The van der Waals surface area contributed by atoms with Gasteiger partial charge in [0.25, 0.3) is 0 Å². The number of aromatic carboxylic acids is 1. The van der Waals surface area contributed by atoms with E-state index in [1.54, 1.807) is 24.3 Å². The van der Waals surface area contributed by atoms with Gasteiger partial charge in [-0.1, -0.05) is 23.8 Å². The minimum absolute atomic E-state index is 0.0837. The third-order valence-electron chi connectivity index (χ3n) is 4.30. The molecule has 0 saturated heterocycles. The minimum atomic E-state index is -0.946. The van der Waals surface area contributed by atoms with Gasteiger partial charge in [-0.05, 0) is 67.7 Å². The summed E-state index contributed by atoms with van der Waals surface area (Å²) in [6.07, 6.45) is 3.46. The molecule has 0 unspecified atom stereocenters. The number of Topliss-reactive ketones (excluding diaryl/α,β-unsaturated/α-hetero) is 1. The molecule has 0 amide bonds. The van der Waals surface area contributed by atoms with Crippen molar-refractivity contribution < 1.29 is 14.7 Å². The number of ketones is 1. The van der Waals surface area contributed by atoms with E-state index in [1.165, 1.54) is 5.56 Å². The highest BCUT2D eigenvalue weighted by Gasteiger charge is 2.23. The van der Waals surface area contributed by atoms with Crippen LogP contribution in [0.2, 0.25) is 0 Å². The second-order valence-electron chi connectivity index (χ2n) is 6.03. The Hall–Kier alpha value is -2.68. The molecule has 3 nitrogen and oxygen atoms in total. The van der Waals surface area contributed by atoms with E-state index in [0.717, 1.165) is 40.7 Å². The van der Waals surface area contributed by atoms with Crippen LogP contribution in [0.5, 0.6) is 0 Å². The van der Waals surface area contributed by atoms with Gasteiger partial charge in [0.2, 0.25) is 0 Å². The van der Waals surface area contributed by atoms with Crippen LogP contribution in [0.15, 0.2) is 42.0 Å². The van der Waals surface area contributed by atoms with Crippen LogP contribution < -0.4 is 0 Å². The van der Waals surface area contributed by atoms with E-state index >= 15 is 0 Å². The quantitative estimate of drug-likeness (QED) is 0.845. The number of carbonyl (C=O) groups excluding carboxylic acids is 1. The molecule has 0 fully saturated rings. The molecular formula is C20H18O3. The van der Waals surface area contributed by atoms with Crippen molar-refractivity contribution >= 4 is 17.8 Å². The maximum absolute atomic E-state index is 12.7. The number of carbonyl (C=O) groups is 2. The van der Waals surface area contributed by atoms with Crippen LogP contribution in [0.25, 0.3) is 6.08 Å². The summed E-state index contributed by atoms with van der Waals surface area (Å²) in [6.45, 7) is 4.06. The molecule has 0 atom stereocenters. The fourth-order valence-electron chi connectivity index (χ4n) is 3.14. The van der Waals surface area contributed by atoms with Gasteiger partial charge in [-0.15, -0.1) is 0 Å². The summed E-state index contributed by atoms with van der Waals surface area (Å²) in [5, 5.41) is 8.93. The molecule has 0 heterocycles. The Bertz CT molecular complexity index is 827. The number of hydrogen-bond acceptors (Lipinski definition) is 2. The Morgan fingerprint density at radius 3 is 2.43 bits per heavy atom. The van der Waals surface area contributed by atoms with Gasteiger partial charge in [0.05, 0.1) is 5.56 Å². The standard InChI is InChI=1S/C20H18O3/c1-12-9-13(2)17-8-7-16(19(21)18(17)10-12)11-14-3-5-15(6-4-14)20(22)23/h3-6,9-11H,7-8H2,1-2H3,(H,22,23)/b16-11-. The smallest absolute Gasteiger partial charge is 0.335 e. The van der Waals surface area contributed by atoms with Crippen molar-refractivity contribution in [3.63, 3.8) is 0 Å². The predicted octanol–water partition coefficient (Wildman–Crippen LogP) is 4.21. The van der Waals surface area contributed by atoms with Crippen LogP contribution in [0.4, 0.5) is 0 Å². The summed E-state index contributed by atoms with van der Waals surface area (Å²) in [4.78, 5) is 23.6. The number of hydrogen-bond donors (Lipinski definition) is 1. The van der Waals surface area contributed by atoms with Crippen LogP contribution in [-0.2, 0) is 6.42 Å². The first-order valence-electron chi connectivity index (χ1n) is 7.64. The number of benzene rings is 2. The van der Waals surface area contributed by atoms with Gasteiger partial charge in [-0.2, -0.15) is 0 Å². The third kappa shape index (κ3) is 2.95. The summed E-state index contributed by atoms with van der Waals surface area (Å²) >= 11 is 0. The average molecular weight is 306 g/mol. The Morgan fingerprint density at radius 2 is 1.78 bits per heavy atom. The molecule has 2 aromatic carbocycles. The highest BCUT2D eigenvalue weighted by molar-refractivity contribution is 6.13. The van der Waals surface area contributed by atoms with E-state index in [1.807, 2.05) is 19.1 Å². The summed E-state index contributed by atoms with van der Waals surface area (Å²) in [7, 11) is 0. The maximum Gasteiger partial charge on any atom is 0.335 e. The lowest BCUT2D eigenvalue weighted by Gasteiger charge is -2.20. The molecule has 0 aromatic heterocycles. The third-order valence-corrected chi connectivity index (χ3v) is 4.30. The van der Waals surface area contributed by atoms with Gasteiger partial charge >= 0.3 is 5.97 Å². The Morgan fingerprint density at radius 1 is 1.09 bits per heavy atom. The highest BCUT2D eigenvalue weighted by atomic mass is 16.4. The molecule has 3 rings (SSSR count). The molecule has 1 aliphatic rings. The van der Waals surface area contributed by atoms with Crippen LogP contribution in [0, 0.1) is 13.8 Å². The van der Waals surface area contributed by atoms with Gasteiger partial charge in [-0.25, -0.2) is 4.79 Å². The molecule has 0 spiro atoms. The number of allylic oxidation sites excluding steroid dienone is 1. The molecule has 116 valence electrons. The van der Waals surface area contributed by atoms with Crippen molar-refractivity contribution in [3.05, 3.63) is 75.4 Å². The van der Waals surface area contributed by atoms with Crippen molar-refractivity contribution in [2.75, 3.05) is 0 Å². The Balaban J connectivity index is 1.95. The van der Waals surface area contributed by atoms with Gasteiger partial charge < -0.3 is 5.11 Å². The van der Waals surface area contributed by atoms with E-state index in [4.69, 9.17) is 5.11 Å². The molecular weight excluding hydrogens is 288 g/mol. The first kappa shape index (κ1) is 15.2. The zero-order chi connectivity index (χ0) is 16.6. The van der Waals surface area contributed by atoms with Gasteiger partial charge in [0.15, 0.2) is 5.78 Å². The number of carboxylic acids is 1. The minimum Gasteiger partial charge on any atom is -0.478 e. The van der Waals surface area contributed by atoms with Crippen LogP contribution in [0.3, 0.4) is 0 Å². The molecule has 1 N–H and O–H groups in total. The Labute approximate surface area is 135 Å². The molecule has 2 aromatic rings. The Kier molecular flexibility index (Phi) is 3.87. The first-order valence-corrected chi connectivity index (χ1v) is 7.64. The maximum atomic E-state index is 12.7. The average Bonchev–Trinajstić information content (AvgIpc) is 2.51. The molecule has 0 aliphatic heterocycles. The lowest BCUT2D eigenvalue weighted by molar-refractivity contribution is 0.0696. The zero-order valence-electron chi connectivity index (χ0n) is 13.2.